The van der Waals surface area contributed by atoms with E-state index in [2.05, 4.69) is 5.32 Å². The van der Waals surface area contributed by atoms with Crippen LogP contribution in [0.2, 0.25) is 0 Å². The molecule has 2 atom stereocenters. The largest absolute Gasteiger partial charge is 0.481 e. The zero-order valence-corrected chi connectivity index (χ0v) is 12.1. The summed E-state index contributed by atoms with van der Waals surface area (Å²) in [6.07, 6.45) is 0.453. The highest BCUT2D eigenvalue weighted by atomic mass is 16.5. The van der Waals surface area contributed by atoms with E-state index >= 15 is 0 Å². The number of hydrogen-bond acceptors (Lipinski definition) is 4. The molecule has 0 spiro atoms. The zero-order valence-electron chi connectivity index (χ0n) is 12.1. The molecule has 1 heterocycles. The second-order valence-corrected chi connectivity index (χ2v) is 5.22. The van der Waals surface area contributed by atoms with Crippen LogP contribution in [0.3, 0.4) is 0 Å². The van der Waals surface area contributed by atoms with E-state index in [4.69, 9.17) is 9.84 Å². The minimum absolute atomic E-state index is 0.0817. The number of rotatable bonds is 5. The predicted octanol–water partition coefficient (Wildman–Crippen LogP) is 0.690. The molecule has 0 aromatic rings. The highest BCUT2D eigenvalue weighted by Crippen LogP contribution is 2.30. The molecule has 1 aliphatic heterocycles. The van der Waals surface area contributed by atoms with Crippen LogP contribution in [0.1, 0.15) is 26.7 Å². The van der Waals surface area contributed by atoms with Gasteiger partial charge in [0.2, 0.25) is 0 Å². The van der Waals surface area contributed by atoms with Gasteiger partial charge >= 0.3 is 18.0 Å². The molecule has 1 aliphatic rings. The molecule has 0 radical (unpaired) electrons. The topological polar surface area (TPSA) is 95.9 Å². The van der Waals surface area contributed by atoms with Crippen molar-refractivity contribution in [1.29, 1.82) is 0 Å². The first kappa shape index (κ1) is 16.3. The lowest BCUT2D eigenvalue weighted by Gasteiger charge is -2.30. The van der Waals surface area contributed by atoms with Crippen LogP contribution in [-0.4, -0.2) is 54.2 Å². The number of esters is 1. The fourth-order valence-electron chi connectivity index (χ4n) is 2.66. The zero-order chi connectivity index (χ0) is 15.3. The van der Waals surface area contributed by atoms with Gasteiger partial charge in [0.1, 0.15) is 0 Å². The highest BCUT2D eigenvalue weighted by molar-refractivity contribution is 5.79. The number of carboxylic acid groups (broad SMARTS) is 1. The Bertz CT molecular complexity index is 383. The van der Waals surface area contributed by atoms with E-state index in [1.165, 1.54) is 7.11 Å². The Morgan fingerprint density at radius 3 is 2.55 bits per heavy atom. The molecule has 1 saturated heterocycles. The lowest BCUT2D eigenvalue weighted by molar-refractivity contribution is -0.146. The summed E-state index contributed by atoms with van der Waals surface area (Å²) >= 11 is 0. The maximum atomic E-state index is 12.1. The van der Waals surface area contributed by atoms with Crippen LogP contribution in [0.4, 0.5) is 4.79 Å². The van der Waals surface area contributed by atoms with Gasteiger partial charge in [0.05, 0.1) is 19.4 Å². The van der Waals surface area contributed by atoms with E-state index in [1.54, 1.807) is 4.90 Å². The summed E-state index contributed by atoms with van der Waals surface area (Å²) in [5, 5.41) is 11.1. The summed E-state index contributed by atoms with van der Waals surface area (Å²) in [6.45, 7) is 4.45. The second-order valence-electron chi connectivity index (χ2n) is 5.22. The third kappa shape index (κ3) is 3.85. The number of carbonyl (C=O) groups is 3. The summed E-state index contributed by atoms with van der Waals surface area (Å²) < 4.78 is 4.78. The summed E-state index contributed by atoms with van der Waals surface area (Å²) in [4.78, 5) is 35.8. The standard InChI is InChI=1S/C13H22N2O5/c1-8(2)11-9(12(18)20-3)5-7-15(11)13(19)14-6-4-10(16)17/h8-9,11H,4-7H2,1-3H3,(H,14,19)(H,16,17)/t9-,11-/m0/s1. The molecule has 0 aromatic carbocycles. The molecular formula is C13H22N2O5. The highest BCUT2D eigenvalue weighted by Gasteiger charge is 2.43. The molecule has 20 heavy (non-hydrogen) atoms. The summed E-state index contributed by atoms with van der Waals surface area (Å²) in [5.41, 5.74) is 0. The minimum atomic E-state index is -0.959. The second kappa shape index (κ2) is 7.12. The number of nitrogens with one attached hydrogen (secondary N) is 1. The van der Waals surface area contributed by atoms with E-state index in [0.717, 1.165) is 0 Å². The van der Waals surface area contributed by atoms with Crippen LogP contribution >= 0.6 is 0 Å². The number of urea groups is 1. The third-order valence-corrected chi connectivity index (χ3v) is 3.52. The maximum Gasteiger partial charge on any atom is 0.317 e. The number of aliphatic carboxylic acids is 1. The van der Waals surface area contributed by atoms with Crippen LogP contribution in [0.5, 0.6) is 0 Å². The van der Waals surface area contributed by atoms with Gasteiger partial charge in [-0.3, -0.25) is 9.59 Å². The first-order valence-corrected chi connectivity index (χ1v) is 6.72. The SMILES string of the molecule is COC(=O)[C@H]1CCN(C(=O)NCCC(=O)O)[C@H]1C(C)C. The van der Waals surface area contributed by atoms with E-state index in [-0.39, 0.29) is 42.8 Å². The van der Waals surface area contributed by atoms with Crippen molar-refractivity contribution in [3.8, 4) is 0 Å². The van der Waals surface area contributed by atoms with Gasteiger partial charge in [0, 0.05) is 19.1 Å². The van der Waals surface area contributed by atoms with Gasteiger partial charge in [-0.15, -0.1) is 0 Å². The van der Waals surface area contributed by atoms with Crippen molar-refractivity contribution in [2.45, 2.75) is 32.7 Å². The fourth-order valence-corrected chi connectivity index (χ4v) is 2.66. The Balaban J connectivity index is 2.66. The molecule has 0 unspecified atom stereocenters. The average Bonchev–Trinajstić information content (AvgIpc) is 2.82. The first-order chi connectivity index (χ1) is 9.38. The van der Waals surface area contributed by atoms with Crippen molar-refractivity contribution in [2.24, 2.45) is 11.8 Å². The van der Waals surface area contributed by atoms with Crippen LogP contribution in [-0.2, 0) is 14.3 Å². The maximum absolute atomic E-state index is 12.1. The molecule has 114 valence electrons. The number of methoxy groups -OCH3 is 1. The smallest absolute Gasteiger partial charge is 0.317 e. The molecule has 2 amide bonds. The molecular weight excluding hydrogens is 264 g/mol. The molecule has 1 fully saturated rings. The fraction of sp³-hybridized carbons (Fsp3) is 0.769. The number of hydrogen-bond donors (Lipinski definition) is 2. The van der Waals surface area contributed by atoms with Gasteiger partial charge in [-0.2, -0.15) is 0 Å². The normalized spacial score (nSPS) is 21.9. The number of likely N-dealkylation sites (tertiary alicyclic amines) is 1. The van der Waals surface area contributed by atoms with Crippen LogP contribution in [0, 0.1) is 11.8 Å². The van der Waals surface area contributed by atoms with E-state index in [9.17, 15) is 14.4 Å². The van der Waals surface area contributed by atoms with Crippen molar-refractivity contribution in [2.75, 3.05) is 20.2 Å². The number of carbonyl (C=O) groups excluding carboxylic acids is 2. The van der Waals surface area contributed by atoms with E-state index in [1.807, 2.05) is 13.8 Å². The van der Waals surface area contributed by atoms with Gasteiger partial charge in [0.25, 0.3) is 0 Å². The molecule has 2 N–H and O–H groups in total. The number of nitrogens with zero attached hydrogens (tertiary/aromatic N) is 1. The molecule has 0 aliphatic carbocycles. The number of ether oxygens (including phenoxy) is 1. The van der Waals surface area contributed by atoms with Gasteiger partial charge in [-0.1, -0.05) is 13.8 Å². The van der Waals surface area contributed by atoms with Gasteiger partial charge in [-0.25, -0.2) is 4.79 Å². The van der Waals surface area contributed by atoms with Gasteiger partial charge < -0.3 is 20.1 Å². The number of amides is 2. The predicted molar refractivity (Wildman–Crippen MR) is 71.1 cm³/mol. The van der Waals surface area contributed by atoms with Crippen molar-refractivity contribution in [3.63, 3.8) is 0 Å². The van der Waals surface area contributed by atoms with Gasteiger partial charge in [0.15, 0.2) is 0 Å². The van der Waals surface area contributed by atoms with Crippen molar-refractivity contribution < 1.29 is 24.2 Å². The lowest BCUT2D eigenvalue weighted by Crippen LogP contribution is -2.48. The Labute approximate surface area is 118 Å². The monoisotopic (exact) mass is 286 g/mol. The number of carboxylic acids is 1. The molecule has 0 aromatic heterocycles. The Morgan fingerprint density at radius 1 is 1.40 bits per heavy atom. The van der Waals surface area contributed by atoms with E-state index < -0.39 is 5.97 Å². The summed E-state index contributed by atoms with van der Waals surface area (Å²) in [6, 6.07) is -0.538. The Morgan fingerprint density at radius 2 is 2.05 bits per heavy atom. The molecule has 7 heteroatoms. The van der Waals surface area contributed by atoms with Crippen LogP contribution in [0.15, 0.2) is 0 Å². The minimum Gasteiger partial charge on any atom is -0.481 e. The quantitative estimate of drug-likeness (QED) is 0.725. The summed E-state index contributed by atoms with van der Waals surface area (Å²) in [5.74, 6) is -1.46. The third-order valence-electron chi connectivity index (χ3n) is 3.52. The molecule has 0 saturated carbocycles. The van der Waals surface area contributed by atoms with Gasteiger partial charge in [-0.05, 0) is 12.3 Å². The molecule has 1 rings (SSSR count). The Kier molecular flexibility index (Phi) is 5.79. The van der Waals surface area contributed by atoms with E-state index in [0.29, 0.717) is 13.0 Å². The van der Waals surface area contributed by atoms with Crippen molar-refractivity contribution in [3.05, 3.63) is 0 Å². The van der Waals surface area contributed by atoms with Crippen LogP contribution in [0.25, 0.3) is 0 Å². The van der Waals surface area contributed by atoms with Crippen molar-refractivity contribution in [1.82, 2.24) is 10.2 Å². The van der Waals surface area contributed by atoms with Crippen LogP contribution < -0.4 is 5.32 Å². The first-order valence-electron chi connectivity index (χ1n) is 6.72. The lowest BCUT2D eigenvalue weighted by atomic mass is 9.91. The molecule has 7 nitrogen and oxygen atoms in total. The van der Waals surface area contributed by atoms with Crippen molar-refractivity contribution >= 4 is 18.0 Å². The Hall–Kier alpha value is -1.79. The summed E-state index contributed by atoms with van der Waals surface area (Å²) in [7, 11) is 1.34. The average molecular weight is 286 g/mol. The molecule has 0 bridgehead atoms.